The zero-order valence-corrected chi connectivity index (χ0v) is 19.0. The van der Waals surface area contributed by atoms with Gasteiger partial charge in [0.15, 0.2) is 12.0 Å². The number of hydrogen-bond donors (Lipinski definition) is 1. The van der Waals surface area contributed by atoms with Crippen molar-refractivity contribution in [3.8, 4) is 11.9 Å². The third kappa shape index (κ3) is 5.58. The van der Waals surface area contributed by atoms with Gasteiger partial charge in [-0.2, -0.15) is 5.26 Å². The van der Waals surface area contributed by atoms with Crippen molar-refractivity contribution in [1.29, 1.82) is 5.26 Å². The summed E-state index contributed by atoms with van der Waals surface area (Å²) in [6.07, 6.45) is 1.91. The Bertz CT molecular complexity index is 1020. The second-order valence-electron chi connectivity index (χ2n) is 8.42. The van der Waals surface area contributed by atoms with E-state index in [1.54, 1.807) is 17.0 Å². The topological polar surface area (TPSA) is 126 Å². The number of carbonyl (C=O) groups excluding carboxylic acids is 3. The monoisotopic (exact) mass is 452 g/mol. The molecule has 1 fully saturated rings. The van der Waals surface area contributed by atoms with E-state index in [4.69, 9.17) is 14.5 Å². The molecule has 1 saturated heterocycles. The number of likely N-dealkylation sites (tertiary alicyclic amines) is 1. The van der Waals surface area contributed by atoms with Gasteiger partial charge >= 0.3 is 0 Å². The maximum absolute atomic E-state index is 13.5. The van der Waals surface area contributed by atoms with Crippen LogP contribution in [-0.2, 0) is 14.4 Å². The van der Waals surface area contributed by atoms with Crippen molar-refractivity contribution >= 4 is 18.1 Å². The van der Waals surface area contributed by atoms with Crippen LogP contribution in [-0.4, -0.2) is 47.4 Å². The van der Waals surface area contributed by atoms with Crippen molar-refractivity contribution in [2.45, 2.75) is 51.6 Å². The normalized spacial score (nSPS) is 17.3. The van der Waals surface area contributed by atoms with Crippen LogP contribution >= 0.6 is 0 Å². The minimum Gasteiger partial charge on any atom is -0.468 e. The molecule has 1 unspecified atom stereocenters. The number of nitriles is 1. The fourth-order valence-corrected chi connectivity index (χ4v) is 4.06. The molecule has 1 aliphatic heterocycles. The molecule has 0 aliphatic carbocycles. The first kappa shape index (κ1) is 24.0. The van der Waals surface area contributed by atoms with Crippen LogP contribution in [0.25, 0.3) is 0 Å². The summed E-state index contributed by atoms with van der Waals surface area (Å²) in [6, 6.07) is 9.79. The highest BCUT2D eigenvalue weighted by Crippen LogP contribution is 2.32. The van der Waals surface area contributed by atoms with Crippen molar-refractivity contribution in [2.75, 3.05) is 13.2 Å². The minimum atomic E-state index is -0.629. The number of nitrogens with zero attached hydrogens (tertiary/aromatic N) is 3. The van der Waals surface area contributed by atoms with E-state index >= 15 is 0 Å². The van der Waals surface area contributed by atoms with Gasteiger partial charge in [-0.15, -0.1) is 0 Å². The molecule has 174 valence electrons. The van der Waals surface area contributed by atoms with E-state index in [0.717, 1.165) is 12.0 Å². The molecule has 1 N–H and O–H groups in total. The van der Waals surface area contributed by atoms with Gasteiger partial charge < -0.3 is 19.5 Å². The third-order valence-corrected chi connectivity index (χ3v) is 5.78. The van der Waals surface area contributed by atoms with E-state index in [-0.39, 0.29) is 36.3 Å². The SMILES string of the molecule is CC(C)C(C(=O)N1CCC[C@H]1C(=O)N[C@@H](C)c1ccc(C#N)cc1)c1cc(OCC=O)no1. The van der Waals surface area contributed by atoms with E-state index in [0.29, 0.717) is 30.6 Å². The van der Waals surface area contributed by atoms with E-state index in [1.165, 1.54) is 6.07 Å². The lowest BCUT2D eigenvalue weighted by molar-refractivity contribution is -0.141. The minimum absolute atomic E-state index is 0.105. The fourth-order valence-electron chi connectivity index (χ4n) is 4.06. The molecule has 0 bridgehead atoms. The van der Waals surface area contributed by atoms with Crippen LogP contribution in [0.3, 0.4) is 0 Å². The van der Waals surface area contributed by atoms with E-state index < -0.39 is 12.0 Å². The Morgan fingerprint density at radius 2 is 2.06 bits per heavy atom. The van der Waals surface area contributed by atoms with Crippen molar-refractivity contribution in [3.05, 3.63) is 47.2 Å². The molecule has 0 spiro atoms. The Balaban J connectivity index is 1.71. The highest BCUT2D eigenvalue weighted by molar-refractivity contribution is 5.91. The summed E-state index contributed by atoms with van der Waals surface area (Å²) >= 11 is 0. The molecule has 2 amide bonds. The van der Waals surface area contributed by atoms with Gasteiger partial charge in [0.1, 0.15) is 18.6 Å². The van der Waals surface area contributed by atoms with Crippen LogP contribution in [0.5, 0.6) is 5.88 Å². The van der Waals surface area contributed by atoms with Crippen LogP contribution in [0.1, 0.15) is 62.5 Å². The summed E-state index contributed by atoms with van der Waals surface area (Å²) in [4.78, 5) is 38.7. The molecule has 0 radical (unpaired) electrons. The quantitative estimate of drug-likeness (QED) is 0.580. The summed E-state index contributed by atoms with van der Waals surface area (Å²) in [6.45, 7) is 5.99. The van der Waals surface area contributed by atoms with E-state index in [9.17, 15) is 14.4 Å². The lowest BCUT2D eigenvalue weighted by Gasteiger charge is -2.29. The van der Waals surface area contributed by atoms with Gasteiger partial charge in [0.25, 0.3) is 5.88 Å². The molecule has 1 aromatic heterocycles. The number of carbonyl (C=O) groups is 3. The largest absolute Gasteiger partial charge is 0.468 e. The average molecular weight is 453 g/mol. The summed E-state index contributed by atoms with van der Waals surface area (Å²) in [7, 11) is 0. The van der Waals surface area contributed by atoms with Crippen molar-refractivity contribution < 1.29 is 23.6 Å². The molecule has 2 heterocycles. The zero-order valence-electron chi connectivity index (χ0n) is 19.0. The van der Waals surface area contributed by atoms with Gasteiger partial charge in [0, 0.05) is 12.6 Å². The molecular weight excluding hydrogens is 424 g/mol. The molecule has 3 atom stereocenters. The van der Waals surface area contributed by atoms with Gasteiger partial charge in [0.05, 0.1) is 17.7 Å². The van der Waals surface area contributed by atoms with Gasteiger partial charge in [-0.3, -0.25) is 14.4 Å². The number of rotatable bonds is 9. The lowest BCUT2D eigenvalue weighted by Crippen LogP contribution is -2.48. The van der Waals surface area contributed by atoms with Crippen LogP contribution in [0.15, 0.2) is 34.9 Å². The van der Waals surface area contributed by atoms with Gasteiger partial charge in [-0.1, -0.05) is 26.0 Å². The maximum atomic E-state index is 13.5. The number of nitrogens with one attached hydrogen (secondary N) is 1. The molecule has 2 aromatic rings. The molecule has 9 heteroatoms. The smallest absolute Gasteiger partial charge is 0.254 e. The van der Waals surface area contributed by atoms with Crippen LogP contribution in [0.2, 0.25) is 0 Å². The Morgan fingerprint density at radius 3 is 2.70 bits per heavy atom. The van der Waals surface area contributed by atoms with E-state index in [2.05, 4.69) is 16.5 Å². The Labute approximate surface area is 192 Å². The first-order valence-corrected chi connectivity index (χ1v) is 11.0. The van der Waals surface area contributed by atoms with Gasteiger partial charge in [-0.25, -0.2) is 0 Å². The summed E-state index contributed by atoms with van der Waals surface area (Å²) < 4.78 is 10.5. The average Bonchev–Trinajstić information content (AvgIpc) is 3.47. The number of ether oxygens (including phenoxy) is 1. The van der Waals surface area contributed by atoms with Crippen LogP contribution < -0.4 is 10.1 Å². The molecule has 1 aliphatic rings. The predicted octanol–water partition coefficient (Wildman–Crippen LogP) is 2.73. The Kier molecular flexibility index (Phi) is 7.83. The number of aromatic nitrogens is 1. The van der Waals surface area contributed by atoms with Crippen molar-refractivity contribution in [1.82, 2.24) is 15.4 Å². The molecular formula is C24H28N4O5. The number of benzene rings is 1. The summed E-state index contributed by atoms with van der Waals surface area (Å²) in [5, 5.41) is 15.7. The summed E-state index contributed by atoms with van der Waals surface area (Å²) in [5.74, 6) is -0.670. The second-order valence-corrected chi connectivity index (χ2v) is 8.42. The third-order valence-electron chi connectivity index (χ3n) is 5.78. The van der Waals surface area contributed by atoms with Crippen LogP contribution in [0.4, 0.5) is 0 Å². The number of amides is 2. The van der Waals surface area contributed by atoms with Crippen molar-refractivity contribution in [3.63, 3.8) is 0 Å². The number of hydrogen-bond acceptors (Lipinski definition) is 7. The van der Waals surface area contributed by atoms with E-state index in [1.807, 2.05) is 32.9 Å². The van der Waals surface area contributed by atoms with Crippen molar-refractivity contribution in [2.24, 2.45) is 5.92 Å². The highest BCUT2D eigenvalue weighted by Gasteiger charge is 2.40. The molecule has 3 rings (SSSR count). The number of aldehydes is 1. The maximum Gasteiger partial charge on any atom is 0.254 e. The zero-order chi connectivity index (χ0) is 24.0. The summed E-state index contributed by atoms with van der Waals surface area (Å²) in [5.41, 5.74) is 1.43. The van der Waals surface area contributed by atoms with Gasteiger partial charge in [0.2, 0.25) is 11.8 Å². The molecule has 9 nitrogen and oxygen atoms in total. The standard InChI is InChI=1S/C24H28N4O5/c1-15(2)22(20-13-21(27-33-20)32-12-11-29)24(31)28-10-4-5-19(28)23(30)26-16(3)18-8-6-17(14-25)7-9-18/h6-9,11,13,15-16,19,22H,4-5,10,12H2,1-3H3,(H,26,30)/t16-,19-,22?/m0/s1. The second kappa shape index (κ2) is 10.8. The fraction of sp³-hybridized carbons (Fsp3) is 0.458. The molecule has 1 aromatic carbocycles. The lowest BCUT2D eigenvalue weighted by atomic mass is 9.91. The molecule has 0 saturated carbocycles. The first-order chi connectivity index (χ1) is 15.8. The van der Waals surface area contributed by atoms with Gasteiger partial charge in [-0.05, 0) is 48.5 Å². The van der Waals surface area contributed by atoms with Crippen LogP contribution in [0, 0.1) is 17.2 Å². The Hall–Kier alpha value is -3.67. The predicted molar refractivity (Wildman–Crippen MR) is 118 cm³/mol. The Morgan fingerprint density at radius 1 is 1.33 bits per heavy atom. The molecule has 33 heavy (non-hydrogen) atoms. The highest BCUT2D eigenvalue weighted by atomic mass is 16.5. The first-order valence-electron chi connectivity index (χ1n) is 11.0.